The summed E-state index contributed by atoms with van der Waals surface area (Å²) >= 11 is 5.50. The molecule has 142 valence electrons. The van der Waals surface area contributed by atoms with Crippen molar-refractivity contribution in [3.63, 3.8) is 0 Å². The standard InChI is InChI=1S/C22H26N2O2S/c1-17-10-12-20(18(2)16-17)24(14-6-7-15-25)22(27)23-21(26)13-11-19-8-4-3-5-9-19/h3-5,8-13,16,25H,6-7,14-15H2,1-2H3,(H,23,26,27)/b13-11+. The summed E-state index contributed by atoms with van der Waals surface area (Å²) in [6.07, 6.45) is 4.70. The van der Waals surface area contributed by atoms with Gasteiger partial charge < -0.3 is 10.0 Å². The molecule has 0 saturated carbocycles. The van der Waals surface area contributed by atoms with Crippen LogP contribution in [-0.2, 0) is 4.79 Å². The number of hydrogen-bond donors (Lipinski definition) is 2. The second kappa shape index (κ2) is 10.6. The molecule has 0 saturated heterocycles. The Kier molecular flexibility index (Phi) is 8.17. The highest BCUT2D eigenvalue weighted by Gasteiger charge is 2.15. The maximum Gasteiger partial charge on any atom is 0.250 e. The van der Waals surface area contributed by atoms with Crippen molar-refractivity contribution in [2.75, 3.05) is 18.1 Å². The van der Waals surface area contributed by atoms with Gasteiger partial charge in [-0.15, -0.1) is 0 Å². The monoisotopic (exact) mass is 382 g/mol. The van der Waals surface area contributed by atoms with Gasteiger partial charge in [0.25, 0.3) is 0 Å². The van der Waals surface area contributed by atoms with Crippen molar-refractivity contribution in [3.05, 3.63) is 71.3 Å². The van der Waals surface area contributed by atoms with Gasteiger partial charge in [-0.25, -0.2) is 0 Å². The van der Waals surface area contributed by atoms with E-state index < -0.39 is 0 Å². The summed E-state index contributed by atoms with van der Waals surface area (Å²) in [5, 5.41) is 12.2. The van der Waals surface area contributed by atoms with Gasteiger partial charge in [0.15, 0.2) is 5.11 Å². The van der Waals surface area contributed by atoms with E-state index in [9.17, 15) is 4.79 Å². The molecule has 27 heavy (non-hydrogen) atoms. The number of aliphatic hydroxyl groups excluding tert-OH is 1. The Hall–Kier alpha value is -2.50. The first-order chi connectivity index (χ1) is 13.0. The van der Waals surface area contributed by atoms with E-state index in [0.29, 0.717) is 18.1 Å². The number of rotatable bonds is 7. The smallest absolute Gasteiger partial charge is 0.250 e. The molecular weight excluding hydrogens is 356 g/mol. The minimum Gasteiger partial charge on any atom is -0.396 e. The minimum absolute atomic E-state index is 0.139. The van der Waals surface area contributed by atoms with Crippen molar-refractivity contribution in [2.45, 2.75) is 26.7 Å². The maximum atomic E-state index is 12.3. The molecule has 2 rings (SSSR count). The Balaban J connectivity index is 2.10. The van der Waals surface area contributed by atoms with Crippen LogP contribution in [0.4, 0.5) is 5.69 Å². The van der Waals surface area contributed by atoms with E-state index in [0.717, 1.165) is 23.2 Å². The van der Waals surface area contributed by atoms with E-state index >= 15 is 0 Å². The van der Waals surface area contributed by atoms with E-state index in [1.165, 1.54) is 11.6 Å². The molecule has 0 radical (unpaired) electrons. The number of nitrogens with zero attached hydrogens (tertiary/aromatic N) is 1. The number of hydrogen-bond acceptors (Lipinski definition) is 3. The van der Waals surface area contributed by atoms with Crippen LogP contribution in [-0.4, -0.2) is 29.3 Å². The van der Waals surface area contributed by atoms with Crippen molar-refractivity contribution >= 4 is 35.0 Å². The van der Waals surface area contributed by atoms with Gasteiger partial charge in [0.05, 0.1) is 0 Å². The van der Waals surface area contributed by atoms with Gasteiger partial charge in [0, 0.05) is 24.9 Å². The van der Waals surface area contributed by atoms with Crippen LogP contribution in [0.3, 0.4) is 0 Å². The Morgan fingerprint density at radius 3 is 2.56 bits per heavy atom. The van der Waals surface area contributed by atoms with Crippen molar-refractivity contribution in [3.8, 4) is 0 Å². The van der Waals surface area contributed by atoms with Gasteiger partial charge in [-0.1, -0.05) is 48.0 Å². The summed E-state index contributed by atoms with van der Waals surface area (Å²) in [6, 6.07) is 15.8. The Labute approximate surface area is 166 Å². The molecule has 2 aromatic carbocycles. The van der Waals surface area contributed by atoms with E-state index in [-0.39, 0.29) is 12.5 Å². The molecule has 2 N–H and O–H groups in total. The first-order valence-electron chi connectivity index (χ1n) is 9.05. The van der Waals surface area contributed by atoms with Crippen LogP contribution in [0.15, 0.2) is 54.6 Å². The second-order valence-electron chi connectivity index (χ2n) is 6.41. The lowest BCUT2D eigenvalue weighted by atomic mass is 10.1. The normalized spacial score (nSPS) is 10.8. The van der Waals surface area contributed by atoms with Crippen LogP contribution in [0.5, 0.6) is 0 Å². The number of benzene rings is 2. The van der Waals surface area contributed by atoms with E-state index in [4.69, 9.17) is 17.3 Å². The van der Waals surface area contributed by atoms with Gasteiger partial charge in [0.1, 0.15) is 0 Å². The molecule has 0 spiro atoms. The average molecular weight is 383 g/mol. The number of nitrogens with one attached hydrogen (secondary N) is 1. The summed E-state index contributed by atoms with van der Waals surface area (Å²) in [6.45, 7) is 4.84. The van der Waals surface area contributed by atoms with Crippen LogP contribution in [0.25, 0.3) is 6.08 Å². The van der Waals surface area contributed by atoms with Gasteiger partial charge >= 0.3 is 0 Å². The van der Waals surface area contributed by atoms with Crippen molar-refractivity contribution in [2.24, 2.45) is 0 Å². The summed E-state index contributed by atoms with van der Waals surface area (Å²) in [5.41, 5.74) is 4.19. The summed E-state index contributed by atoms with van der Waals surface area (Å²) in [4.78, 5) is 14.2. The fourth-order valence-electron chi connectivity index (χ4n) is 2.77. The van der Waals surface area contributed by atoms with Gasteiger partial charge in [-0.3, -0.25) is 10.1 Å². The van der Waals surface area contributed by atoms with E-state index in [1.54, 1.807) is 6.08 Å². The Morgan fingerprint density at radius 1 is 1.15 bits per heavy atom. The number of carbonyl (C=O) groups is 1. The molecule has 0 aliphatic rings. The maximum absolute atomic E-state index is 12.3. The number of amides is 1. The topological polar surface area (TPSA) is 52.6 Å². The van der Waals surface area contributed by atoms with Gasteiger partial charge in [-0.05, 0) is 62.2 Å². The summed E-state index contributed by atoms with van der Waals surface area (Å²) in [5.74, 6) is -0.263. The first-order valence-corrected chi connectivity index (χ1v) is 9.46. The molecule has 4 nitrogen and oxygen atoms in total. The molecule has 0 atom stereocenters. The number of thiocarbonyl (C=S) groups is 1. The SMILES string of the molecule is Cc1ccc(N(CCCCO)C(=S)NC(=O)/C=C/c2ccccc2)c(C)c1. The minimum atomic E-state index is -0.263. The number of unbranched alkanes of at least 4 members (excludes halogenated alkanes) is 1. The quantitative estimate of drug-likeness (QED) is 0.432. The molecule has 1 amide bonds. The highest BCUT2D eigenvalue weighted by molar-refractivity contribution is 7.80. The number of carbonyl (C=O) groups excluding carboxylic acids is 1. The third kappa shape index (κ3) is 6.62. The van der Waals surface area contributed by atoms with Crippen LogP contribution in [0, 0.1) is 13.8 Å². The van der Waals surface area contributed by atoms with Gasteiger partial charge in [0.2, 0.25) is 5.91 Å². The fourth-order valence-corrected chi connectivity index (χ4v) is 3.06. The fraction of sp³-hybridized carbons (Fsp3) is 0.273. The average Bonchev–Trinajstić information content (AvgIpc) is 2.65. The molecule has 0 heterocycles. The third-order valence-electron chi connectivity index (χ3n) is 4.13. The molecule has 0 aliphatic carbocycles. The van der Waals surface area contributed by atoms with Crippen molar-refractivity contribution in [1.82, 2.24) is 5.32 Å². The lowest BCUT2D eigenvalue weighted by Gasteiger charge is -2.27. The largest absolute Gasteiger partial charge is 0.396 e. The third-order valence-corrected chi connectivity index (χ3v) is 4.46. The molecule has 2 aromatic rings. The molecule has 0 aromatic heterocycles. The zero-order valence-electron chi connectivity index (χ0n) is 15.8. The number of anilines is 1. The summed E-state index contributed by atoms with van der Waals surface area (Å²) in [7, 11) is 0. The van der Waals surface area contributed by atoms with E-state index in [2.05, 4.69) is 11.4 Å². The second-order valence-corrected chi connectivity index (χ2v) is 6.80. The molecule has 5 heteroatoms. The zero-order chi connectivity index (χ0) is 19.6. The predicted molar refractivity (Wildman–Crippen MR) is 116 cm³/mol. The highest BCUT2D eigenvalue weighted by Crippen LogP contribution is 2.22. The highest BCUT2D eigenvalue weighted by atomic mass is 32.1. The number of aliphatic hydroxyl groups is 1. The van der Waals surface area contributed by atoms with Crippen LogP contribution in [0.2, 0.25) is 0 Å². The molecule has 0 bridgehead atoms. The first kappa shape index (κ1) is 20.8. The van der Waals surface area contributed by atoms with Crippen molar-refractivity contribution < 1.29 is 9.90 Å². The van der Waals surface area contributed by atoms with Crippen LogP contribution < -0.4 is 10.2 Å². The summed E-state index contributed by atoms with van der Waals surface area (Å²) < 4.78 is 0. The predicted octanol–water partition coefficient (Wildman–Crippen LogP) is 4.00. The lowest BCUT2D eigenvalue weighted by Crippen LogP contribution is -2.43. The molecule has 0 aliphatic heterocycles. The zero-order valence-corrected chi connectivity index (χ0v) is 16.6. The van der Waals surface area contributed by atoms with Crippen LogP contribution >= 0.6 is 12.2 Å². The molecular formula is C22H26N2O2S. The Morgan fingerprint density at radius 2 is 1.89 bits per heavy atom. The Bertz CT molecular complexity index is 803. The van der Waals surface area contributed by atoms with Gasteiger partial charge in [-0.2, -0.15) is 0 Å². The van der Waals surface area contributed by atoms with Crippen LogP contribution in [0.1, 0.15) is 29.5 Å². The molecule has 0 unspecified atom stereocenters. The number of aryl methyl sites for hydroxylation is 2. The van der Waals surface area contributed by atoms with Crippen molar-refractivity contribution in [1.29, 1.82) is 0 Å². The molecule has 0 fully saturated rings. The van der Waals surface area contributed by atoms with E-state index in [1.807, 2.05) is 61.2 Å². The lowest BCUT2D eigenvalue weighted by molar-refractivity contribution is -0.115.